The maximum Gasteiger partial charge on any atom is 0.249 e. The molecule has 0 aromatic heterocycles. The fourth-order valence-corrected chi connectivity index (χ4v) is 5.86. The van der Waals surface area contributed by atoms with Gasteiger partial charge in [0.1, 0.15) is 5.54 Å². The van der Waals surface area contributed by atoms with Gasteiger partial charge in [-0.3, -0.25) is 14.5 Å². The summed E-state index contributed by atoms with van der Waals surface area (Å²) < 4.78 is 0. The topological polar surface area (TPSA) is 73.5 Å². The normalized spacial score (nSPS) is 22.9. The van der Waals surface area contributed by atoms with Crippen LogP contribution in [0.1, 0.15) is 48.8 Å². The van der Waals surface area contributed by atoms with E-state index >= 15 is 0 Å². The summed E-state index contributed by atoms with van der Waals surface area (Å²) in [5.74, 6) is -0.0803. The van der Waals surface area contributed by atoms with Crippen LogP contribution in [0.5, 0.6) is 0 Å². The molecule has 34 heavy (non-hydrogen) atoms. The zero-order valence-corrected chi connectivity index (χ0v) is 20.5. The van der Waals surface area contributed by atoms with Crippen molar-refractivity contribution in [3.63, 3.8) is 0 Å². The fourth-order valence-electron chi connectivity index (χ4n) is 5.68. The number of nitrogens with one attached hydrogen (secondary N) is 3. The monoisotopic (exact) mass is 480 g/mol. The van der Waals surface area contributed by atoms with Gasteiger partial charge in [0.2, 0.25) is 11.8 Å². The summed E-state index contributed by atoms with van der Waals surface area (Å²) in [5.41, 5.74) is 2.89. The number of hydrogen-bond donors (Lipinski definition) is 3. The first-order valence-electron chi connectivity index (χ1n) is 12.4. The molecule has 2 aliphatic heterocycles. The van der Waals surface area contributed by atoms with Gasteiger partial charge in [0.25, 0.3) is 0 Å². The molecule has 7 heteroatoms. The van der Waals surface area contributed by atoms with E-state index in [9.17, 15) is 9.59 Å². The molecule has 2 aromatic rings. The highest BCUT2D eigenvalue weighted by Crippen LogP contribution is 2.45. The molecule has 0 bridgehead atoms. The first kappa shape index (κ1) is 23.3. The molecule has 2 fully saturated rings. The van der Waals surface area contributed by atoms with Crippen LogP contribution in [0.3, 0.4) is 0 Å². The number of aryl methyl sites for hydroxylation is 1. The summed E-state index contributed by atoms with van der Waals surface area (Å²) in [6.45, 7) is 4.01. The lowest BCUT2D eigenvalue weighted by atomic mass is 9.80. The molecule has 1 atom stereocenters. The van der Waals surface area contributed by atoms with Crippen molar-refractivity contribution >= 4 is 29.1 Å². The van der Waals surface area contributed by atoms with Crippen molar-refractivity contribution < 1.29 is 9.59 Å². The number of rotatable bonds is 7. The molecule has 1 unspecified atom stereocenters. The third-order valence-electron chi connectivity index (χ3n) is 7.62. The van der Waals surface area contributed by atoms with E-state index in [0.717, 1.165) is 67.6 Å². The van der Waals surface area contributed by atoms with Gasteiger partial charge in [-0.1, -0.05) is 47.5 Å². The predicted octanol–water partition coefficient (Wildman–Crippen LogP) is 3.76. The predicted molar refractivity (Wildman–Crippen MR) is 135 cm³/mol. The molecule has 3 aliphatic rings. The first-order valence-corrected chi connectivity index (χ1v) is 12.8. The smallest absolute Gasteiger partial charge is 0.249 e. The Morgan fingerprint density at radius 2 is 1.94 bits per heavy atom. The van der Waals surface area contributed by atoms with Crippen LogP contribution in [0.4, 0.5) is 5.69 Å². The Labute approximate surface area is 206 Å². The molecule has 1 aliphatic carbocycles. The summed E-state index contributed by atoms with van der Waals surface area (Å²) in [4.78, 5) is 29.4. The SMILES string of the molecule is Cc1cccc(CC2(N(CC(=O)NC3CCC3)C3CCNCC3)C(=O)Nc3cc(Cl)ccc32)c1. The number of halogens is 1. The number of piperidine rings is 1. The molecule has 1 saturated heterocycles. The third-order valence-corrected chi connectivity index (χ3v) is 7.85. The highest BCUT2D eigenvalue weighted by Gasteiger charge is 2.53. The molecule has 6 nitrogen and oxygen atoms in total. The number of carbonyl (C=O) groups excluding carboxylic acids is 2. The standard InChI is InChI=1S/C27H33ClN4O2/c1-18-4-2-5-19(14-18)16-27(23-9-8-20(28)15-24(23)31-26(27)34)32(22-10-12-29-13-11-22)17-25(33)30-21-6-3-7-21/h2,4-5,8-9,14-15,21-22,29H,3,6-7,10-13,16-17H2,1H3,(H,30,33)(H,31,34). The lowest BCUT2D eigenvalue weighted by Gasteiger charge is -2.46. The van der Waals surface area contributed by atoms with Gasteiger partial charge in [0.05, 0.1) is 6.54 Å². The maximum absolute atomic E-state index is 14.0. The molecule has 0 spiro atoms. The minimum Gasteiger partial charge on any atom is -0.352 e. The largest absolute Gasteiger partial charge is 0.352 e. The van der Waals surface area contributed by atoms with E-state index in [4.69, 9.17) is 11.6 Å². The Balaban J connectivity index is 1.59. The van der Waals surface area contributed by atoms with Crippen molar-refractivity contribution in [3.05, 3.63) is 64.2 Å². The highest BCUT2D eigenvalue weighted by atomic mass is 35.5. The number of nitrogens with zero attached hydrogens (tertiary/aromatic N) is 1. The van der Waals surface area contributed by atoms with Crippen molar-refractivity contribution in [2.75, 3.05) is 25.0 Å². The van der Waals surface area contributed by atoms with Gasteiger partial charge in [-0.2, -0.15) is 0 Å². The maximum atomic E-state index is 14.0. The van der Waals surface area contributed by atoms with Gasteiger partial charge in [-0.05, 0) is 69.8 Å². The van der Waals surface area contributed by atoms with Gasteiger partial charge < -0.3 is 16.0 Å². The number of benzene rings is 2. The van der Waals surface area contributed by atoms with Crippen molar-refractivity contribution in [1.29, 1.82) is 0 Å². The number of carbonyl (C=O) groups is 2. The van der Waals surface area contributed by atoms with Crippen molar-refractivity contribution in [3.8, 4) is 0 Å². The second-order valence-electron chi connectivity index (χ2n) is 9.97. The van der Waals surface area contributed by atoms with E-state index in [2.05, 4.69) is 46.0 Å². The minimum absolute atomic E-state index is 0.00191. The van der Waals surface area contributed by atoms with Gasteiger partial charge in [0, 0.05) is 34.8 Å². The fraction of sp³-hybridized carbons (Fsp3) is 0.481. The molecule has 2 aromatic carbocycles. The summed E-state index contributed by atoms with van der Waals surface area (Å²) in [7, 11) is 0. The van der Waals surface area contributed by atoms with Crippen molar-refractivity contribution in [1.82, 2.24) is 15.5 Å². The molecule has 5 rings (SSSR count). The minimum atomic E-state index is -0.979. The molecule has 180 valence electrons. The molecular formula is C27H33ClN4O2. The quantitative estimate of drug-likeness (QED) is 0.564. The Morgan fingerprint density at radius 3 is 2.65 bits per heavy atom. The number of fused-ring (bicyclic) bond motifs is 1. The van der Waals surface area contributed by atoms with E-state index in [1.165, 1.54) is 0 Å². The Hall–Kier alpha value is -2.41. The zero-order valence-electron chi connectivity index (χ0n) is 19.7. The second-order valence-corrected chi connectivity index (χ2v) is 10.4. The lowest BCUT2D eigenvalue weighted by Crippen LogP contribution is -2.61. The lowest BCUT2D eigenvalue weighted by molar-refractivity contribution is -0.135. The van der Waals surface area contributed by atoms with Gasteiger partial charge in [-0.15, -0.1) is 0 Å². The Morgan fingerprint density at radius 1 is 1.15 bits per heavy atom. The Kier molecular flexibility index (Phi) is 6.65. The van der Waals surface area contributed by atoms with Crippen LogP contribution in [0.2, 0.25) is 5.02 Å². The van der Waals surface area contributed by atoms with E-state index < -0.39 is 5.54 Å². The number of hydrogen-bond acceptors (Lipinski definition) is 4. The molecular weight excluding hydrogens is 448 g/mol. The highest BCUT2D eigenvalue weighted by molar-refractivity contribution is 6.31. The van der Waals surface area contributed by atoms with Gasteiger partial charge >= 0.3 is 0 Å². The summed E-state index contributed by atoms with van der Waals surface area (Å²) >= 11 is 6.30. The number of amides is 2. The molecule has 2 amide bonds. The summed E-state index contributed by atoms with van der Waals surface area (Å²) in [5, 5.41) is 10.3. The van der Waals surface area contributed by atoms with Crippen LogP contribution in [-0.4, -0.2) is 48.4 Å². The van der Waals surface area contributed by atoms with Crippen LogP contribution >= 0.6 is 11.6 Å². The van der Waals surface area contributed by atoms with E-state index in [-0.39, 0.29) is 30.4 Å². The molecule has 2 heterocycles. The first-order chi connectivity index (χ1) is 16.5. The zero-order chi connectivity index (χ0) is 23.7. The summed E-state index contributed by atoms with van der Waals surface area (Å²) in [6, 6.07) is 14.3. The molecule has 3 N–H and O–H groups in total. The van der Waals surface area contributed by atoms with Crippen LogP contribution in [0, 0.1) is 6.92 Å². The van der Waals surface area contributed by atoms with Crippen LogP contribution in [-0.2, 0) is 21.5 Å². The van der Waals surface area contributed by atoms with Crippen molar-refractivity contribution in [2.45, 2.75) is 63.1 Å². The average molecular weight is 481 g/mol. The summed E-state index contributed by atoms with van der Waals surface area (Å²) in [6.07, 6.45) is 5.52. The van der Waals surface area contributed by atoms with Gasteiger partial charge in [0.15, 0.2) is 0 Å². The average Bonchev–Trinajstić information content (AvgIpc) is 3.06. The Bertz CT molecular complexity index is 1080. The molecule has 1 saturated carbocycles. The van der Waals surface area contributed by atoms with Gasteiger partial charge in [-0.25, -0.2) is 0 Å². The van der Waals surface area contributed by atoms with E-state index in [1.54, 1.807) is 0 Å². The second kappa shape index (κ2) is 9.68. The number of anilines is 1. The van der Waals surface area contributed by atoms with Crippen LogP contribution in [0.25, 0.3) is 0 Å². The van der Waals surface area contributed by atoms with Crippen LogP contribution in [0.15, 0.2) is 42.5 Å². The van der Waals surface area contributed by atoms with E-state index in [0.29, 0.717) is 11.4 Å². The van der Waals surface area contributed by atoms with Crippen LogP contribution < -0.4 is 16.0 Å². The third kappa shape index (κ3) is 4.47. The molecule has 0 radical (unpaired) electrons. The van der Waals surface area contributed by atoms with E-state index in [1.807, 2.05) is 24.3 Å². The van der Waals surface area contributed by atoms with Crippen molar-refractivity contribution in [2.24, 2.45) is 0 Å².